The van der Waals surface area contributed by atoms with Gasteiger partial charge in [0.05, 0.1) is 7.11 Å². The predicted molar refractivity (Wildman–Crippen MR) is 120 cm³/mol. The maximum Gasteiger partial charge on any atom is 0.326 e. The van der Waals surface area contributed by atoms with Crippen LogP contribution in [0.25, 0.3) is 0 Å². The summed E-state index contributed by atoms with van der Waals surface area (Å²) in [4.78, 5) is 42.2. The van der Waals surface area contributed by atoms with Crippen LogP contribution in [0.15, 0.2) is 36.5 Å². The molecule has 1 aromatic heterocycles. The zero-order valence-corrected chi connectivity index (χ0v) is 19.7. The molecule has 3 unspecified atom stereocenters. The van der Waals surface area contributed by atoms with Crippen molar-refractivity contribution in [2.24, 2.45) is 0 Å². The van der Waals surface area contributed by atoms with E-state index in [1.165, 1.54) is 38.1 Å². The highest BCUT2D eigenvalue weighted by Gasteiger charge is 2.36. The van der Waals surface area contributed by atoms with E-state index in [0.717, 1.165) is 11.1 Å². The molecule has 0 fully saturated rings. The Morgan fingerprint density at radius 2 is 1.79 bits per heavy atom. The van der Waals surface area contributed by atoms with Crippen LogP contribution in [0.3, 0.4) is 0 Å². The Morgan fingerprint density at radius 1 is 1.12 bits per heavy atom. The molecule has 2 aromatic rings. The summed E-state index contributed by atoms with van der Waals surface area (Å²) in [5.41, 5.74) is 1.90. The highest BCUT2D eigenvalue weighted by atomic mass is 16.7. The summed E-state index contributed by atoms with van der Waals surface area (Å²) in [7, 11) is 1.39. The fraction of sp³-hybridized carbons (Fsp3) is 0.417. The van der Waals surface area contributed by atoms with Crippen molar-refractivity contribution in [1.82, 2.24) is 9.88 Å². The molecular weight excluding hydrogens is 428 g/mol. The summed E-state index contributed by atoms with van der Waals surface area (Å²) < 4.78 is 15.6. The van der Waals surface area contributed by atoms with Crippen molar-refractivity contribution in [3.63, 3.8) is 0 Å². The molecule has 1 N–H and O–H groups in total. The predicted octanol–water partition coefficient (Wildman–Crippen LogP) is 3.41. The number of pyridine rings is 1. The van der Waals surface area contributed by atoms with E-state index >= 15 is 0 Å². The molecule has 0 aliphatic heterocycles. The van der Waals surface area contributed by atoms with Crippen LogP contribution in [-0.4, -0.2) is 58.8 Å². The smallest absolute Gasteiger partial charge is 0.326 e. The van der Waals surface area contributed by atoms with Crippen LogP contribution in [0, 0.1) is 6.92 Å². The zero-order chi connectivity index (χ0) is 24.7. The summed E-state index contributed by atoms with van der Waals surface area (Å²) in [6.07, 6.45) is 1.36. The fourth-order valence-corrected chi connectivity index (χ4v) is 3.61. The van der Waals surface area contributed by atoms with Crippen LogP contribution in [0.1, 0.15) is 55.2 Å². The number of rotatable bonds is 10. The van der Waals surface area contributed by atoms with Gasteiger partial charge in [-0.25, -0.2) is 9.78 Å². The third-order valence-electron chi connectivity index (χ3n) is 5.61. The Bertz CT molecular complexity index is 1010. The number of hydrogen-bond donors (Lipinski definition) is 1. The van der Waals surface area contributed by atoms with Gasteiger partial charge in [0.2, 0.25) is 6.79 Å². The lowest BCUT2D eigenvalue weighted by Crippen LogP contribution is -2.50. The van der Waals surface area contributed by atoms with Crippen LogP contribution in [-0.2, 0) is 14.3 Å². The van der Waals surface area contributed by atoms with Crippen LogP contribution >= 0.6 is 0 Å². The quantitative estimate of drug-likeness (QED) is 0.425. The van der Waals surface area contributed by atoms with E-state index in [9.17, 15) is 19.5 Å². The SMILES string of the molecule is COc1ccnc(C(=O)N(C(C)C(=O)O)C(C)C(C)c2ccccc2C)c1OCOC(C)=O. The fourth-order valence-electron chi connectivity index (χ4n) is 3.61. The van der Waals surface area contributed by atoms with Crippen molar-refractivity contribution in [3.05, 3.63) is 53.3 Å². The number of hydrogen-bond acceptors (Lipinski definition) is 7. The summed E-state index contributed by atoms with van der Waals surface area (Å²) in [5.74, 6) is -2.37. The van der Waals surface area contributed by atoms with Crippen molar-refractivity contribution < 1.29 is 33.7 Å². The number of aliphatic carboxylic acids is 1. The van der Waals surface area contributed by atoms with Crippen molar-refractivity contribution in [2.75, 3.05) is 13.9 Å². The second-order valence-electron chi connectivity index (χ2n) is 7.70. The number of esters is 1. The average Bonchev–Trinajstić information content (AvgIpc) is 2.78. The van der Waals surface area contributed by atoms with Gasteiger partial charge in [-0.1, -0.05) is 31.2 Å². The molecule has 178 valence electrons. The van der Waals surface area contributed by atoms with Crippen LogP contribution in [0.2, 0.25) is 0 Å². The normalized spacial score (nSPS) is 13.4. The number of aromatic nitrogens is 1. The molecule has 0 spiro atoms. The van der Waals surface area contributed by atoms with E-state index in [1.807, 2.05) is 38.1 Å². The van der Waals surface area contributed by atoms with Gasteiger partial charge >= 0.3 is 11.9 Å². The van der Waals surface area contributed by atoms with E-state index in [2.05, 4.69) is 4.98 Å². The number of carboxylic acids is 1. The third-order valence-corrected chi connectivity index (χ3v) is 5.61. The van der Waals surface area contributed by atoms with Crippen molar-refractivity contribution in [1.29, 1.82) is 0 Å². The number of amides is 1. The molecular formula is C24H30N2O7. The molecule has 0 bridgehead atoms. The molecule has 0 saturated heterocycles. The summed E-state index contributed by atoms with van der Waals surface area (Å²) in [6, 6.07) is 7.60. The van der Waals surface area contributed by atoms with Crippen LogP contribution in [0.5, 0.6) is 11.5 Å². The van der Waals surface area contributed by atoms with E-state index in [4.69, 9.17) is 14.2 Å². The van der Waals surface area contributed by atoms with Gasteiger partial charge in [0.1, 0.15) is 6.04 Å². The van der Waals surface area contributed by atoms with Crippen molar-refractivity contribution >= 4 is 17.8 Å². The minimum atomic E-state index is -1.16. The number of carbonyl (C=O) groups is 3. The second-order valence-corrected chi connectivity index (χ2v) is 7.70. The number of methoxy groups -OCH3 is 1. The van der Waals surface area contributed by atoms with Crippen molar-refractivity contribution in [3.8, 4) is 11.5 Å². The van der Waals surface area contributed by atoms with Crippen molar-refractivity contribution in [2.45, 2.75) is 52.6 Å². The minimum absolute atomic E-state index is 0.0374. The highest BCUT2D eigenvalue weighted by molar-refractivity contribution is 5.98. The molecule has 1 amide bonds. The number of nitrogens with zero attached hydrogens (tertiary/aromatic N) is 2. The van der Waals surface area contributed by atoms with Gasteiger partial charge in [-0.05, 0) is 31.9 Å². The Hall–Kier alpha value is -3.62. The summed E-state index contributed by atoms with van der Waals surface area (Å²) in [5, 5.41) is 9.75. The molecule has 1 heterocycles. The summed E-state index contributed by atoms with van der Waals surface area (Å²) >= 11 is 0. The van der Waals surface area contributed by atoms with Gasteiger partial charge in [-0.3, -0.25) is 9.59 Å². The lowest BCUT2D eigenvalue weighted by atomic mass is 9.89. The maximum atomic E-state index is 13.7. The standard InChI is InChI=1S/C24H30N2O7/c1-14-9-7-8-10-19(14)15(2)16(3)26(17(4)24(29)30)23(28)21-22(33-13-32-18(5)27)20(31-6)11-12-25-21/h7-12,15-17H,13H2,1-6H3,(H,29,30). The van der Waals surface area contributed by atoms with Crippen LogP contribution in [0.4, 0.5) is 0 Å². The molecule has 1 aromatic carbocycles. The Balaban J connectivity index is 2.51. The number of benzene rings is 1. The highest BCUT2D eigenvalue weighted by Crippen LogP contribution is 2.33. The van der Waals surface area contributed by atoms with Gasteiger partial charge in [0, 0.05) is 31.1 Å². The topological polar surface area (TPSA) is 115 Å². The zero-order valence-electron chi connectivity index (χ0n) is 19.7. The Kier molecular flexibility index (Phi) is 8.78. The molecule has 3 atom stereocenters. The lowest BCUT2D eigenvalue weighted by Gasteiger charge is -2.36. The largest absolute Gasteiger partial charge is 0.493 e. The van der Waals surface area contributed by atoms with Gasteiger partial charge in [0.25, 0.3) is 5.91 Å². The lowest BCUT2D eigenvalue weighted by molar-refractivity contribution is -0.147. The third kappa shape index (κ3) is 6.00. The van der Waals surface area contributed by atoms with E-state index < -0.39 is 36.7 Å². The first-order valence-electron chi connectivity index (χ1n) is 10.5. The molecule has 0 radical (unpaired) electrons. The first kappa shape index (κ1) is 25.6. The van der Waals surface area contributed by atoms with Crippen LogP contribution < -0.4 is 9.47 Å². The van der Waals surface area contributed by atoms with Gasteiger partial charge < -0.3 is 24.2 Å². The van der Waals surface area contributed by atoms with Gasteiger partial charge in [0.15, 0.2) is 17.2 Å². The first-order chi connectivity index (χ1) is 15.6. The van der Waals surface area contributed by atoms with E-state index in [0.29, 0.717) is 0 Å². The number of carboxylic acid groups (broad SMARTS) is 1. The molecule has 33 heavy (non-hydrogen) atoms. The average molecular weight is 459 g/mol. The molecule has 0 aliphatic rings. The van der Waals surface area contributed by atoms with E-state index in [-0.39, 0.29) is 23.1 Å². The molecule has 9 nitrogen and oxygen atoms in total. The van der Waals surface area contributed by atoms with Gasteiger partial charge in [-0.2, -0.15) is 0 Å². The Labute approximate surface area is 193 Å². The number of ether oxygens (including phenoxy) is 3. The molecule has 0 saturated carbocycles. The number of aryl methyl sites for hydroxylation is 1. The molecule has 0 aliphatic carbocycles. The van der Waals surface area contributed by atoms with Gasteiger partial charge in [-0.15, -0.1) is 0 Å². The molecule has 9 heteroatoms. The monoisotopic (exact) mass is 458 g/mol. The second kappa shape index (κ2) is 11.3. The molecule has 2 rings (SSSR count). The maximum absolute atomic E-state index is 13.7. The minimum Gasteiger partial charge on any atom is -0.493 e. The Morgan fingerprint density at radius 3 is 2.36 bits per heavy atom. The van der Waals surface area contributed by atoms with E-state index in [1.54, 1.807) is 6.92 Å². The number of carbonyl (C=O) groups excluding carboxylic acids is 2. The summed E-state index contributed by atoms with van der Waals surface area (Å²) in [6.45, 7) is 7.92. The first-order valence-corrected chi connectivity index (χ1v) is 10.5.